The van der Waals surface area contributed by atoms with E-state index in [-0.39, 0.29) is 0 Å². The number of aromatic nitrogens is 2. The zero-order chi connectivity index (χ0) is 12.1. The first-order valence-corrected chi connectivity index (χ1v) is 6.82. The molecule has 3 aliphatic rings. The number of hydrogen-bond donors (Lipinski definition) is 0. The summed E-state index contributed by atoms with van der Waals surface area (Å²) in [4.78, 5) is 4.41. The highest BCUT2D eigenvalue weighted by Crippen LogP contribution is 2.50. The molecule has 2 bridgehead atoms. The smallest absolute Gasteiger partial charge is 0.268 e. The highest BCUT2D eigenvalue weighted by atomic mass is 16.5. The Bertz CT molecular complexity index is 562. The van der Waals surface area contributed by atoms with Gasteiger partial charge in [0.1, 0.15) is 11.6 Å². The van der Waals surface area contributed by atoms with E-state index in [1.165, 1.54) is 24.8 Å². The quantitative estimate of drug-likeness (QED) is 0.746. The second-order valence-corrected chi connectivity index (χ2v) is 5.82. The minimum Gasteiger partial charge on any atom is -0.333 e. The van der Waals surface area contributed by atoms with Gasteiger partial charge in [0.25, 0.3) is 5.89 Å². The number of hydrogen-bond acceptors (Lipinski definition) is 4. The lowest BCUT2D eigenvalue weighted by Gasteiger charge is -2.13. The fraction of sp³-hybridized carbons (Fsp3) is 0.643. The Hall–Kier alpha value is -1.63. The van der Waals surface area contributed by atoms with Crippen LogP contribution in [0.25, 0.3) is 5.57 Å². The third-order valence-corrected chi connectivity index (χ3v) is 4.57. The Labute approximate surface area is 106 Å². The summed E-state index contributed by atoms with van der Waals surface area (Å²) in [5.41, 5.74) is 1.95. The van der Waals surface area contributed by atoms with E-state index < -0.39 is 0 Å². The molecule has 0 saturated heterocycles. The van der Waals surface area contributed by atoms with Gasteiger partial charge < -0.3 is 4.52 Å². The third-order valence-electron chi connectivity index (χ3n) is 4.57. The van der Waals surface area contributed by atoms with Gasteiger partial charge in [-0.2, -0.15) is 10.2 Å². The average molecular weight is 241 g/mol. The molecular weight excluding hydrogens is 226 g/mol. The molecule has 4 nitrogen and oxygen atoms in total. The van der Waals surface area contributed by atoms with Crippen LogP contribution in [0.15, 0.2) is 10.1 Å². The van der Waals surface area contributed by atoms with Crippen molar-refractivity contribution < 1.29 is 4.52 Å². The molecule has 0 radical (unpaired) electrons. The van der Waals surface area contributed by atoms with Gasteiger partial charge in [0.15, 0.2) is 5.82 Å². The zero-order valence-electron chi connectivity index (χ0n) is 10.2. The molecule has 3 aliphatic carbocycles. The van der Waals surface area contributed by atoms with E-state index in [4.69, 9.17) is 4.52 Å². The summed E-state index contributed by atoms with van der Waals surface area (Å²) in [5, 5.41) is 13.4. The SMILES string of the molecule is N#CC(=C1CC2CCC1C2)c1nc(C2CC2)no1. The van der Waals surface area contributed by atoms with Gasteiger partial charge in [0.2, 0.25) is 0 Å². The molecule has 1 aromatic heterocycles. The largest absolute Gasteiger partial charge is 0.333 e. The summed E-state index contributed by atoms with van der Waals surface area (Å²) in [5.74, 6) is 3.12. The maximum absolute atomic E-state index is 9.40. The molecule has 2 atom stereocenters. The first-order valence-electron chi connectivity index (χ1n) is 6.82. The predicted molar refractivity (Wildman–Crippen MR) is 64.3 cm³/mol. The molecule has 4 rings (SSSR count). The van der Waals surface area contributed by atoms with Crippen molar-refractivity contribution in [3.8, 4) is 6.07 Å². The van der Waals surface area contributed by atoms with E-state index in [9.17, 15) is 5.26 Å². The first kappa shape index (κ1) is 10.3. The highest BCUT2D eigenvalue weighted by Gasteiger charge is 2.38. The summed E-state index contributed by atoms with van der Waals surface area (Å²) in [6, 6.07) is 2.30. The van der Waals surface area contributed by atoms with Crippen molar-refractivity contribution in [1.29, 1.82) is 5.26 Å². The minimum absolute atomic E-state index is 0.460. The maximum atomic E-state index is 9.40. The van der Waals surface area contributed by atoms with Crippen molar-refractivity contribution >= 4 is 5.57 Å². The molecule has 0 spiro atoms. The van der Waals surface area contributed by atoms with Gasteiger partial charge in [0, 0.05) is 5.92 Å². The fourth-order valence-electron chi connectivity index (χ4n) is 3.46. The minimum atomic E-state index is 0.460. The van der Waals surface area contributed by atoms with Crippen LogP contribution in [0.2, 0.25) is 0 Å². The predicted octanol–water partition coefficient (Wildman–Crippen LogP) is 3.04. The van der Waals surface area contributed by atoms with E-state index in [2.05, 4.69) is 16.2 Å². The molecule has 3 saturated carbocycles. The number of rotatable bonds is 2. The Balaban J connectivity index is 1.71. The molecule has 4 heteroatoms. The monoisotopic (exact) mass is 241 g/mol. The highest BCUT2D eigenvalue weighted by molar-refractivity contribution is 5.75. The lowest BCUT2D eigenvalue weighted by atomic mass is 9.91. The van der Waals surface area contributed by atoms with E-state index >= 15 is 0 Å². The second kappa shape index (κ2) is 3.68. The van der Waals surface area contributed by atoms with Crippen molar-refractivity contribution in [3.05, 3.63) is 17.3 Å². The van der Waals surface area contributed by atoms with Gasteiger partial charge in [-0.1, -0.05) is 5.16 Å². The molecule has 92 valence electrons. The molecule has 2 unspecified atom stereocenters. The first-order chi connectivity index (χ1) is 8.85. The van der Waals surface area contributed by atoms with Gasteiger partial charge in [0.05, 0.1) is 0 Å². The zero-order valence-corrected chi connectivity index (χ0v) is 10.2. The fourth-order valence-corrected chi connectivity index (χ4v) is 3.46. The van der Waals surface area contributed by atoms with Crippen molar-refractivity contribution in [2.75, 3.05) is 0 Å². The van der Waals surface area contributed by atoms with E-state index in [1.54, 1.807) is 0 Å². The van der Waals surface area contributed by atoms with Crippen molar-refractivity contribution in [3.63, 3.8) is 0 Å². The maximum Gasteiger partial charge on any atom is 0.268 e. The molecule has 0 aromatic carbocycles. The lowest BCUT2D eigenvalue weighted by Crippen LogP contribution is -2.01. The Morgan fingerprint density at radius 2 is 2.06 bits per heavy atom. The van der Waals surface area contributed by atoms with Crippen LogP contribution in [0.1, 0.15) is 56.2 Å². The van der Waals surface area contributed by atoms with Crippen LogP contribution in [-0.2, 0) is 0 Å². The molecule has 3 fully saturated rings. The molecule has 1 aromatic rings. The Morgan fingerprint density at radius 1 is 1.22 bits per heavy atom. The summed E-state index contributed by atoms with van der Waals surface area (Å²) in [6.07, 6.45) is 7.18. The van der Waals surface area contributed by atoms with Crippen LogP contribution in [0.5, 0.6) is 0 Å². The number of nitrogens with zero attached hydrogens (tertiary/aromatic N) is 3. The summed E-state index contributed by atoms with van der Waals surface area (Å²) in [6.45, 7) is 0. The third kappa shape index (κ3) is 1.50. The van der Waals surface area contributed by atoms with Crippen LogP contribution in [0.4, 0.5) is 0 Å². The van der Waals surface area contributed by atoms with Crippen LogP contribution < -0.4 is 0 Å². The molecule has 0 N–H and O–H groups in total. The molecule has 1 heterocycles. The number of nitriles is 1. The molecule has 0 aliphatic heterocycles. The standard InChI is InChI=1S/C14H15N3O/c15-7-12(11-6-8-1-2-10(11)5-8)14-16-13(17-18-14)9-3-4-9/h8-10H,1-6H2. The average Bonchev–Trinajstić information content (AvgIpc) is 2.83. The summed E-state index contributed by atoms with van der Waals surface area (Å²) in [7, 11) is 0. The molecule has 18 heavy (non-hydrogen) atoms. The van der Waals surface area contributed by atoms with Crippen LogP contribution in [-0.4, -0.2) is 10.1 Å². The van der Waals surface area contributed by atoms with Crippen LogP contribution in [0, 0.1) is 23.2 Å². The van der Waals surface area contributed by atoms with Crippen molar-refractivity contribution in [2.24, 2.45) is 11.8 Å². The van der Waals surface area contributed by atoms with Crippen LogP contribution in [0.3, 0.4) is 0 Å². The summed E-state index contributed by atoms with van der Waals surface area (Å²) < 4.78 is 5.30. The van der Waals surface area contributed by atoms with Gasteiger partial charge in [-0.05, 0) is 55.9 Å². The molecular formula is C14H15N3O. The van der Waals surface area contributed by atoms with Crippen molar-refractivity contribution in [2.45, 2.75) is 44.4 Å². The Morgan fingerprint density at radius 3 is 2.67 bits per heavy atom. The van der Waals surface area contributed by atoms with Gasteiger partial charge in [-0.15, -0.1) is 0 Å². The number of fused-ring (bicyclic) bond motifs is 2. The van der Waals surface area contributed by atoms with Gasteiger partial charge >= 0.3 is 0 Å². The van der Waals surface area contributed by atoms with Crippen LogP contribution >= 0.6 is 0 Å². The number of allylic oxidation sites excluding steroid dienone is 2. The lowest BCUT2D eigenvalue weighted by molar-refractivity contribution is 0.400. The molecule has 0 amide bonds. The topological polar surface area (TPSA) is 62.7 Å². The van der Waals surface area contributed by atoms with E-state index in [0.717, 1.165) is 31.0 Å². The summed E-state index contributed by atoms with van der Waals surface area (Å²) >= 11 is 0. The second-order valence-electron chi connectivity index (χ2n) is 5.82. The van der Waals surface area contributed by atoms with E-state index in [1.807, 2.05) is 0 Å². The van der Waals surface area contributed by atoms with Gasteiger partial charge in [-0.3, -0.25) is 0 Å². The normalized spacial score (nSPS) is 32.6. The Kier molecular flexibility index (Phi) is 2.11. The van der Waals surface area contributed by atoms with Gasteiger partial charge in [-0.25, -0.2) is 0 Å². The van der Waals surface area contributed by atoms with Crippen molar-refractivity contribution in [1.82, 2.24) is 10.1 Å². The van der Waals surface area contributed by atoms with E-state index in [0.29, 0.717) is 23.3 Å².